The normalized spacial score (nSPS) is 19.3. The number of anilines is 1. The topological polar surface area (TPSA) is 54.9 Å². The number of hydrogen-bond acceptors (Lipinski definition) is 5. The lowest BCUT2D eigenvalue weighted by Crippen LogP contribution is -2.38. The highest BCUT2D eigenvalue weighted by atomic mass is 127. The summed E-state index contributed by atoms with van der Waals surface area (Å²) in [5, 5.41) is 0. The van der Waals surface area contributed by atoms with Gasteiger partial charge in [-0.15, -0.1) is 0 Å². The van der Waals surface area contributed by atoms with Crippen LogP contribution in [0.15, 0.2) is 48.5 Å². The zero-order chi connectivity index (χ0) is 29.7. The van der Waals surface area contributed by atoms with E-state index in [4.69, 9.17) is 14.5 Å². The zero-order valence-corrected chi connectivity index (χ0v) is 24.0. The standard InChI is InChI=1S/C28H24F6IN3O3/c1-15-25(16-10-17(27(29,30)31)12-18(11-16)28(32,33)34)41-26(39)38(15)14-22-20(5-7-24(36-22)37-8-3-9-37)21-13-19(35)4-6-23(21)40-2/h4-7,10-13,15,25H,3,8-9,14H2,1-2H3. The molecule has 2 aliphatic heterocycles. The molecule has 6 nitrogen and oxygen atoms in total. The van der Waals surface area contributed by atoms with E-state index in [0.29, 0.717) is 35.0 Å². The number of benzene rings is 2. The summed E-state index contributed by atoms with van der Waals surface area (Å²) < 4.78 is 92.8. The predicted octanol–water partition coefficient (Wildman–Crippen LogP) is 7.69. The van der Waals surface area contributed by atoms with E-state index < -0.39 is 47.3 Å². The van der Waals surface area contributed by atoms with E-state index in [1.807, 2.05) is 24.3 Å². The first kappa shape index (κ1) is 29.3. The Bertz CT molecular complexity index is 1440. The maximum Gasteiger partial charge on any atom is 0.416 e. The number of pyridine rings is 1. The van der Waals surface area contributed by atoms with E-state index in [2.05, 4.69) is 27.5 Å². The van der Waals surface area contributed by atoms with Crippen LogP contribution in [0, 0.1) is 3.57 Å². The third-order valence-corrected chi connectivity index (χ3v) is 7.91. The molecule has 0 saturated carbocycles. The quantitative estimate of drug-likeness (QED) is 0.196. The van der Waals surface area contributed by atoms with Gasteiger partial charge in [-0.3, -0.25) is 4.90 Å². The fourth-order valence-corrected chi connectivity index (χ4v) is 5.42. The number of alkyl halides is 6. The molecule has 2 aliphatic rings. The molecule has 1 aromatic heterocycles. The van der Waals surface area contributed by atoms with Gasteiger partial charge < -0.3 is 14.4 Å². The van der Waals surface area contributed by atoms with E-state index >= 15 is 0 Å². The van der Waals surface area contributed by atoms with Gasteiger partial charge in [0.25, 0.3) is 0 Å². The monoisotopic (exact) mass is 691 g/mol. The van der Waals surface area contributed by atoms with Crippen molar-refractivity contribution in [2.75, 3.05) is 25.1 Å². The fourth-order valence-electron chi connectivity index (χ4n) is 4.93. The third kappa shape index (κ3) is 5.90. The molecule has 3 aromatic rings. The first-order chi connectivity index (χ1) is 19.3. The number of nitrogens with zero attached hydrogens (tertiary/aromatic N) is 3. The van der Waals surface area contributed by atoms with Crippen molar-refractivity contribution in [3.05, 3.63) is 74.5 Å². The van der Waals surface area contributed by atoms with Crippen molar-refractivity contribution in [2.45, 2.75) is 44.4 Å². The minimum Gasteiger partial charge on any atom is -0.496 e. The number of aromatic nitrogens is 1. The van der Waals surface area contributed by atoms with Gasteiger partial charge in [0.15, 0.2) is 0 Å². The highest BCUT2D eigenvalue weighted by molar-refractivity contribution is 14.1. The highest BCUT2D eigenvalue weighted by Crippen LogP contribution is 2.42. The summed E-state index contributed by atoms with van der Waals surface area (Å²) in [6, 6.07) is 9.66. The predicted molar refractivity (Wildman–Crippen MR) is 146 cm³/mol. The average molecular weight is 691 g/mol. The first-order valence-electron chi connectivity index (χ1n) is 12.6. The maximum atomic E-state index is 13.5. The van der Waals surface area contributed by atoms with Crippen LogP contribution < -0.4 is 9.64 Å². The van der Waals surface area contributed by atoms with E-state index in [-0.39, 0.29) is 12.6 Å². The number of ether oxygens (including phenoxy) is 2. The van der Waals surface area contributed by atoms with Crippen molar-refractivity contribution in [3.8, 4) is 16.9 Å². The number of amides is 1. The molecule has 0 radical (unpaired) electrons. The molecule has 2 atom stereocenters. The minimum absolute atomic E-state index is 0.0504. The van der Waals surface area contributed by atoms with E-state index in [9.17, 15) is 31.1 Å². The first-order valence-corrected chi connectivity index (χ1v) is 13.7. The molecule has 3 heterocycles. The Kier molecular flexibility index (Phi) is 7.76. The van der Waals surface area contributed by atoms with Gasteiger partial charge in [-0.1, -0.05) is 0 Å². The molecular formula is C28H24F6IN3O3. The Morgan fingerprint density at radius 3 is 2.20 bits per heavy atom. The van der Waals surface area contributed by atoms with Gasteiger partial charge in [0, 0.05) is 27.8 Å². The Morgan fingerprint density at radius 1 is 0.976 bits per heavy atom. The number of carbonyl (C=O) groups excluding carboxylic acids is 1. The molecule has 218 valence electrons. The van der Waals surface area contributed by atoms with Gasteiger partial charge in [-0.25, -0.2) is 9.78 Å². The third-order valence-electron chi connectivity index (χ3n) is 7.24. The lowest BCUT2D eigenvalue weighted by molar-refractivity contribution is -0.143. The highest BCUT2D eigenvalue weighted by Gasteiger charge is 2.43. The number of hydrogen-bond donors (Lipinski definition) is 0. The molecule has 5 rings (SSSR count). The molecule has 13 heteroatoms. The molecule has 2 unspecified atom stereocenters. The minimum atomic E-state index is -5.02. The number of halogens is 7. The lowest BCUT2D eigenvalue weighted by Gasteiger charge is -2.33. The van der Waals surface area contributed by atoms with E-state index in [1.54, 1.807) is 6.07 Å². The van der Waals surface area contributed by atoms with Gasteiger partial charge in [0.2, 0.25) is 0 Å². The van der Waals surface area contributed by atoms with Crippen LogP contribution in [0.1, 0.15) is 41.8 Å². The molecule has 1 amide bonds. The molecule has 0 bridgehead atoms. The Hall–Kier alpha value is -3.23. The van der Waals surface area contributed by atoms with Crippen molar-refractivity contribution >= 4 is 34.5 Å². The lowest BCUT2D eigenvalue weighted by atomic mass is 9.97. The van der Waals surface area contributed by atoms with Crippen LogP contribution in [-0.4, -0.2) is 42.2 Å². The second kappa shape index (κ2) is 10.9. The van der Waals surface area contributed by atoms with Crippen LogP contribution in [0.5, 0.6) is 5.75 Å². The van der Waals surface area contributed by atoms with Crippen LogP contribution in [0.25, 0.3) is 11.1 Å². The second-order valence-corrected chi connectivity index (χ2v) is 11.1. The van der Waals surface area contributed by atoms with Gasteiger partial charge in [0.1, 0.15) is 17.7 Å². The van der Waals surface area contributed by atoms with Crippen molar-refractivity contribution < 1.29 is 40.6 Å². The van der Waals surface area contributed by atoms with Crippen molar-refractivity contribution in [1.82, 2.24) is 9.88 Å². The summed E-state index contributed by atoms with van der Waals surface area (Å²) in [4.78, 5) is 21.2. The van der Waals surface area contributed by atoms with Gasteiger partial charge >= 0.3 is 18.4 Å². The Labute approximate surface area is 245 Å². The number of cyclic esters (lactones) is 1. The molecule has 2 aromatic carbocycles. The molecule has 0 N–H and O–H groups in total. The maximum absolute atomic E-state index is 13.5. The number of rotatable bonds is 6. The van der Waals surface area contributed by atoms with Crippen molar-refractivity contribution in [3.63, 3.8) is 0 Å². The molecular weight excluding hydrogens is 667 g/mol. The molecule has 2 saturated heterocycles. The second-order valence-electron chi connectivity index (χ2n) is 9.86. The number of methoxy groups -OCH3 is 1. The SMILES string of the molecule is COc1ccc(I)cc1-c1ccc(N2CCC2)nc1CN1C(=O)OC(c2cc(C(F)(F)F)cc(C(F)(F)F)c2)C1C. The largest absolute Gasteiger partial charge is 0.496 e. The van der Waals surface area contributed by atoms with E-state index in [1.165, 1.54) is 18.9 Å². The van der Waals surface area contributed by atoms with Crippen LogP contribution in [0.4, 0.5) is 37.0 Å². The van der Waals surface area contributed by atoms with Crippen molar-refractivity contribution in [2.24, 2.45) is 0 Å². The summed E-state index contributed by atoms with van der Waals surface area (Å²) in [6.07, 6.45) is -11.3. The summed E-state index contributed by atoms with van der Waals surface area (Å²) in [7, 11) is 1.53. The van der Waals surface area contributed by atoms with Crippen molar-refractivity contribution in [1.29, 1.82) is 0 Å². The molecule has 0 spiro atoms. The number of carbonyl (C=O) groups is 1. The van der Waals surface area contributed by atoms with Crippen LogP contribution >= 0.6 is 22.6 Å². The zero-order valence-electron chi connectivity index (χ0n) is 21.8. The fraction of sp³-hybridized carbons (Fsp3) is 0.357. The molecule has 41 heavy (non-hydrogen) atoms. The van der Waals surface area contributed by atoms with Gasteiger partial charge in [0.05, 0.1) is 36.5 Å². The summed E-state index contributed by atoms with van der Waals surface area (Å²) >= 11 is 2.16. The van der Waals surface area contributed by atoms with Crippen LogP contribution in [0.3, 0.4) is 0 Å². The summed E-state index contributed by atoms with van der Waals surface area (Å²) in [6.45, 7) is 3.07. The molecule has 0 aliphatic carbocycles. The summed E-state index contributed by atoms with van der Waals surface area (Å²) in [5.74, 6) is 1.27. The van der Waals surface area contributed by atoms with Gasteiger partial charge in [-0.2, -0.15) is 26.3 Å². The average Bonchev–Trinajstić information content (AvgIpc) is 3.15. The van der Waals surface area contributed by atoms with E-state index in [0.717, 1.165) is 28.6 Å². The van der Waals surface area contributed by atoms with Crippen LogP contribution in [-0.2, 0) is 23.6 Å². The van der Waals surface area contributed by atoms with Crippen LogP contribution in [0.2, 0.25) is 0 Å². The summed E-state index contributed by atoms with van der Waals surface area (Å²) in [5.41, 5.74) is -1.45. The van der Waals surface area contributed by atoms with Gasteiger partial charge in [-0.05, 0) is 90.0 Å². The Morgan fingerprint density at radius 2 is 1.63 bits per heavy atom. The smallest absolute Gasteiger partial charge is 0.416 e. The molecule has 2 fully saturated rings. The Balaban J connectivity index is 1.53.